The van der Waals surface area contributed by atoms with E-state index < -0.39 is 0 Å². The highest BCUT2D eigenvalue weighted by atomic mass is 35.5. The van der Waals surface area contributed by atoms with E-state index in [0.717, 1.165) is 11.3 Å². The summed E-state index contributed by atoms with van der Waals surface area (Å²) in [6.45, 7) is 0.564. The number of nitriles is 1. The van der Waals surface area contributed by atoms with Crippen molar-refractivity contribution in [2.45, 2.75) is 6.54 Å². The molecular weight excluding hydrogens is 267 g/mol. The van der Waals surface area contributed by atoms with Crippen molar-refractivity contribution >= 4 is 28.9 Å². The van der Waals surface area contributed by atoms with Gasteiger partial charge in [0.15, 0.2) is 0 Å². The molecule has 0 heterocycles. The minimum Gasteiger partial charge on any atom is -0.380 e. The summed E-state index contributed by atoms with van der Waals surface area (Å²) in [5, 5.41) is 13.2. The van der Waals surface area contributed by atoms with Gasteiger partial charge in [0.2, 0.25) is 0 Å². The molecule has 2 rings (SSSR count). The van der Waals surface area contributed by atoms with Crippen LogP contribution >= 0.6 is 23.2 Å². The average molecular weight is 277 g/mol. The van der Waals surface area contributed by atoms with Crippen LogP contribution in [0.2, 0.25) is 10.0 Å². The second-order valence-electron chi connectivity index (χ2n) is 3.75. The zero-order valence-electron chi connectivity index (χ0n) is 9.45. The first-order valence-corrected chi connectivity index (χ1v) is 6.13. The van der Waals surface area contributed by atoms with Gasteiger partial charge < -0.3 is 5.32 Å². The predicted octanol–water partition coefficient (Wildman–Crippen LogP) is 4.48. The quantitative estimate of drug-likeness (QED) is 0.898. The number of nitrogens with zero attached hydrogens (tertiary/aromatic N) is 1. The van der Waals surface area contributed by atoms with Crippen LogP contribution in [0.3, 0.4) is 0 Å². The van der Waals surface area contributed by atoms with E-state index in [9.17, 15) is 0 Å². The van der Waals surface area contributed by atoms with E-state index >= 15 is 0 Å². The highest BCUT2D eigenvalue weighted by Crippen LogP contribution is 2.23. The maximum Gasteiger partial charge on any atom is 0.0992 e. The molecule has 2 aromatic carbocycles. The SMILES string of the molecule is N#Cc1ccc(CNc2ccccc2Cl)c(Cl)c1. The number of nitrogens with one attached hydrogen (secondary N) is 1. The number of para-hydroxylation sites is 1. The lowest BCUT2D eigenvalue weighted by atomic mass is 10.1. The van der Waals surface area contributed by atoms with Gasteiger partial charge in [-0.2, -0.15) is 5.26 Å². The molecule has 0 unspecified atom stereocenters. The standard InChI is InChI=1S/C14H10Cl2N2/c15-12-3-1-2-4-14(12)18-9-11-6-5-10(8-17)7-13(11)16/h1-7,18H,9H2. The van der Waals surface area contributed by atoms with Crippen LogP contribution in [0.5, 0.6) is 0 Å². The van der Waals surface area contributed by atoms with Gasteiger partial charge in [-0.3, -0.25) is 0 Å². The molecule has 1 N–H and O–H groups in total. The molecule has 0 saturated heterocycles. The number of hydrogen-bond donors (Lipinski definition) is 1. The molecule has 0 fully saturated rings. The molecular formula is C14H10Cl2N2. The Bertz CT molecular complexity index is 603. The Labute approximate surface area is 116 Å². The van der Waals surface area contributed by atoms with Crippen molar-refractivity contribution in [3.8, 4) is 6.07 Å². The van der Waals surface area contributed by atoms with Gasteiger partial charge in [0.05, 0.1) is 22.3 Å². The summed E-state index contributed by atoms with van der Waals surface area (Å²) in [6.07, 6.45) is 0. The first-order valence-electron chi connectivity index (χ1n) is 5.37. The van der Waals surface area contributed by atoms with E-state index in [1.54, 1.807) is 12.1 Å². The predicted molar refractivity (Wildman–Crippen MR) is 74.9 cm³/mol. The van der Waals surface area contributed by atoms with E-state index in [4.69, 9.17) is 28.5 Å². The zero-order valence-corrected chi connectivity index (χ0v) is 11.0. The summed E-state index contributed by atoms with van der Waals surface area (Å²) in [4.78, 5) is 0. The van der Waals surface area contributed by atoms with E-state index in [1.165, 1.54) is 0 Å². The Morgan fingerprint density at radius 2 is 1.83 bits per heavy atom. The van der Waals surface area contributed by atoms with E-state index in [-0.39, 0.29) is 0 Å². The lowest BCUT2D eigenvalue weighted by Crippen LogP contribution is -2.00. The Morgan fingerprint density at radius 1 is 1.06 bits per heavy atom. The number of rotatable bonds is 3. The van der Waals surface area contributed by atoms with Gasteiger partial charge in [-0.15, -0.1) is 0 Å². The van der Waals surface area contributed by atoms with Crippen molar-refractivity contribution in [1.82, 2.24) is 0 Å². The van der Waals surface area contributed by atoms with Crippen molar-refractivity contribution in [3.05, 3.63) is 63.6 Å². The minimum absolute atomic E-state index is 0.557. The Hall–Kier alpha value is -1.69. The van der Waals surface area contributed by atoms with Crippen LogP contribution in [-0.4, -0.2) is 0 Å². The van der Waals surface area contributed by atoms with E-state index in [2.05, 4.69) is 11.4 Å². The van der Waals surface area contributed by atoms with Crippen molar-refractivity contribution in [1.29, 1.82) is 5.26 Å². The maximum atomic E-state index is 8.76. The first-order chi connectivity index (χ1) is 8.70. The van der Waals surface area contributed by atoms with Gasteiger partial charge in [0.1, 0.15) is 0 Å². The van der Waals surface area contributed by atoms with E-state index in [1.807, 2.05) is 30.3 Å². The van der Waals surface area contributed by atoms with Crippen molar-refractivity contribution < 1.29 is 0 Å². The summed E-state index contributed by atoms with van der Waals surface area (Å²) in [7, 11) is 0. The Kier molecular flexibility index (Phi) is 4.09. The minimum atomic E-state index is 0.557. The highest BCUT2D eigenvalue weighted by Gasteiger charge is 2.03. The van der Waals surface area contributed by atoms with Gasteiger partial charge in [-0.25, -0.2) is 0 Å². The summed E-state index contributed by atoms with van der Waals surface area (Å²) in [5.74, 6) is 0. The molecule has 4 heteroatoms. The number of benzene rings is 2. The second-order valence-corrected chi connectivity index (χ2v) is 4.57. The molecule has 0 spiro atoms. The third-order valence-corrected chi connectivity index (χ3v) is 3.21. The summed E-state index contributed by atoms with van der Waals surface area (Å²) < 4.78 is 0. The number of anilines is 1. The maximum absolute atomic E-state index is 8.76. The smallest absolute Gasteiger partial charge is 0.0992 e. The molecule has 0 saturated carbocycles. The molecule has 2 nitrogen and oxygen atoms in total. The molecule has 0 aliphatic carbocycles. The van der Waals surface area contributed by atoms with Crippen LogP contribution in [0.15, 0.2) is 42.5 Å². The molecule has 0 amide bonds. The van der Waals surface area contributed by atoms with Crippen LogP contribution in [0.1, 0.15) is 11.1 Å². The largest absolute Gasteiger partial charge is 0.380 e. The normalized spacial score (nSPS) is 9.83. The van der Waals surface area contributed by atoms with Gasteiger partial charge in [0, 0.05) is 11.6 Å². The molecule has 0 aromatic heterocycles. The molecule has 0 atom stereocenters. The molecule has 2 aromatic rings. The van der Waals surface area contributed by atoms with Crippen molar-refractivity contribution in [2.75, 3.05) is 5.32 Å². The lowest BCUT2D eigenvalue weighted by Gasteiger charge is -2.09. The molecule has 0 radical (unpaired) electrons. The molecule has 90 valence electrons. The van der Waals surface area contributed by atoms with Crippen LogP contribution in [-0.2, 0) is 6.54 Å². The highest BCUT2D eigenvalue weighted by molar-refractivity contribution is 6.33. The topological polar surface area (TPSA) is 35.8 Å². The number of halogens is 2. The fraction of sp³-hybridized carbons (Fsp3) is 0.0714. The number of hydrogen-bond acceptors (Lipinski definition) is 2. The van der Waals surface area contributed by atoms with Crippen LogP contribution < -0.4 is 5.32 Å². The first kappa shape index (κ1) is 12.8. The van der Waals surface area contributed by atoms with Crippen LogP contribution in [0.25, 0.3) is 0 Å². The van der Waals surface area contributed by atoms with Crippen molar-refractivity contribution in [3.63, 3.8) is 0 Å². The Balaban J connectivity index is 2.12. The lowest BCUT2D eigenvalue weighted by molar-refractivity contribution is 1.15. The average Bonchev–Trinajstić information content (AvgIpc) is 2.39. The zero-order chi connectivity index (χ0) is 13.0. The fourth-order valence-electron chi connectivity index (χ4n) is 1.56. The second kappa shape index (κ2) is 5.77. The molecule has 0 aliphatic rings. The van der Waals surface area contributed by atoms with Crippen LogP contribution in [0, 0.1) is 11.3 Å². The van der Waals surface area contributed by atoms with E-state index in [0.29, 0.717) is 22.2 Å². The van der Waals surface area contributed by atoms with Gasteiger partial charge in [0.25, 0.3) is 0 Å². The summed E-state index contributed by atoms with van der Waals surface area (Å²) in [6, 6.07) is 14.8. The Morgan fingerprint density at radius 3 is 2.50 bits per heavy atom. The third-order valence-electron chi connectivity index (χ3n) is 2.53. The van der Waals surface area contributed by atoms with Gasteiger partial charge >= 0.3 is 0 Å². The molecule has 0 bridgehead atoms. The molecule has 18 heavy (non-hydrogen) atoms. The van der Waals surface area contributed by atoms with Gasteiger partial charge in [-0.1, -0.05) is 41.4 Å². The summed E-state index contributed by atoms with van der Waals surface area (Å²) >= 11 is 12.1. The van der Waals surface area contributed by atoms with Crippen LogP contribution in [0.4, 0.5) is 5.69 Å². The van der Waals surface area contributed by atoms with Gasteiger partial charge in [-0.05, 0) is 29.8 Å². The van der Waals surface area contributed by atoms with Crippen molar-refractivity contribution in [2.24, 2.45) is 0 Å². The molecule has 0 aliphatic heterocycles. The summed E-state index contributed by atoms with van der Waals surface area (Å²) in [5.41, 5.74) is 2.34. The third kappa shape index (κ3) is 2.95. The fourth-order valence-corrected chi connectivity index (χ4v) is 2.01. The monoisotopic (exact) mass is 276 g/mol.